The lowest BCUT2D eigenvalue weighted by molar-refractivity contribution is -0.112. The van der Waals surface area contributed by atoms with Gasteiger partial charge in [-0.15, -0.1) is 0 Å². The van der Waals surface area contributed by atoms with Gasteiger partial charge in [0.25, 0.3) is 5.91 Å². The zero-order chi connectivity index (χ0) is 17.7. The van der Waals surface area contributed by atoms with E-state index in [2.05, 4.69) is 21.2 Å². The Hall–Kier alpha value is -2.00. The number of amides is 1. The first-order chi connectivity index (χ1) is 11.4. The summed E-state index contributed by atoms with van der Waals surface area (Å²) in [5, 5.41) is 12.5. The van der Waals surface area contributed by atoms with Crippen LogP contribution < -0.4 is 10.1 Å². The Balaban J connectivity index is 2.27. The smallest absolute Gasteiger partial charge is 0.266 e. The Morgan fingerprint density at radius 3 is 2.33 bits per heavy atom. The van der Waals surface area contributed by atoms with Crippen LogP contribution in [0.1, 0.15) is 5.56 Å². The number of anilines is 1. The number of nitrogens with one attached hydrogen (secondary N) is 1. The van der Waals surface area contributed by atoms with Gasteiger partial charge in [-0.25, -0.2) is 0 Å². The second-order valence-corrected chi connectivity index (χ2v) is 6.38. The number of halogens is 3. The Morgan fingerprint density at radius 2 is 1.83 bits per heavy atom. The second kappa shape index (κ2) is 8.20. The number of ether oxygens (including phenoxy) is 1. The molecule has 0 fully saturated rings. The zero-order valence-electron chi connectivity index (χ0n) is 12.4. The highest BCUT2D eigenvalue weighted by atomic mass is 79.9. The number of nitriles is 1. The fourth-order valence-electron chi connectivity index (χ4n) is 1.90. The van der Waals surface area contributed by atoms with Gasteiger partial charge < -0.3 is 10.1 Å². The third-order valence-corrected chi connectivity index (χ3v) is 4.09. The Bertz CT molecular complexity index is 820. The summed E-state index contributed by atoms with van der Waals surface area (Å²) in [6.07, 6.45) is 1.41. The second-order valence-electron chi connectivity index (χ2n) is 4.65. The first-order valence-corrected chi connectivity index (χ1v) is 8.21. The van der Waals surface area contributed by atoms with Gasteiger partial charge in [0.2, 0.25) is 0 Å². The fraction of sp³-hybridized carbons (Fsp3) is 0.0588. The van der Waals surface area contributed by atoms with Crippen LogP contribution in [-0.4, -0.2) is 13.0 Å². The molecule has 0 aliphatic carbocycles. The third kappa shape index (κ3) is 4.51. The topological polar surface area (TPSA) is 62.1 Å². The highest BCUT2D eigenvalue weighted by Crippen LogP contribution is 2.34. The molecule has 0 aromatic heterocycles. The molecule has 0 heterocycles. The molecule has 0 saturated carbocycles. The number of hydrogen-bond acceptors (Lipinski definition) is 3. The van der Waals surface area contributed by atoms with Gasteiger partial charge in [-0.1, -0.05) is 39.1 Å². The number of benzene rings is 2. The molecule has 24 heavy (non-hydrogen) atoms. The molecule has 2 rings (SSSR count). The van der Waals surface area contributed by atoms with Gasteiger partial charge in [0.1, 0.15) is 11.6 Å². The maximum atomic E-state index is 12.2. The van der Waals surface area contributed by atoms with Gasteiger partial charge in [-0.2, -0.15) is 5.26 Å². The molecule has 4 nitrogen and oxygen atoms in total. The average Bonchev–Trinajstić information content (AvgIpc) is 2.54. The van der Waals surface area contributed by atoms with E-state index in [9.17, 15) is 10.1 Å². The van der Waals surface area contributed by atoms with Crippen LogP contribution in [0.4, 0.5) is 5.69 Å². The van der Waals surface area contributed by atoms with E-state index in [1.807, 2.05) is 6.07 Å². The van der Waals surface area contributed by atoms with Crippen molar-refractivity contribution in [2.24, 2.45) is 0 Å². The first-order valence-electron chi connectivity index (χ1n) is 6.66. The quantitative estimate of drug-likeness (QED) is 0.533. The van der Waals surface area contributed by atoms with E-state index in [0.29, 0.717) is 27.0 Å². The van der Waals surface area contributed by atoms with E-state index in [0.717, 1.165) is 4.47 Å². The molecule has 2 aromatic carbocycles. The van der Waals surface area contributed by atoms with Crippen molar-refractivity contribution in [3.63, 3.8) is 0 Å². The minimum absolute atomic E-state index is 0.0739. The molecule has 0 saturated heterocycles. The van der Waals surface area contributed by atoms with Crippen molar-refractivity contribution in [2.75, 3.05) is 12.4 Å². The minimum Gasteiger partial charge on any atom is -0.494 e. The number of carbonyl (C=O) groups is 1. The lowest BCUT2D eigenvalue weighted by atomic mass is 10.1. The van der Waals surface area contributed by atoms with Crippen molar-refractivity contribution in [1.82, 2.24) is 0 Å². The van der Waals surface area contributed by atoms with Crippen molar-refractivity contribution in [3.05, 3.63) is 62.1 Å². The van der Waals surface area contributed by atoms with Gasteiger partial charge in [0.15, 0.2) is 5.75 Å². The van der Waals surface area contributed by atoms with E-state index >= 15 is 0 Å². The molecule has 0 spiro atoms. The lowest BCUT2D eigenvalue weighted by Gasteiger charge is -2.07. The van der Waals surface area contributed by atoms with Gasteiger partial charge in [0, 0.05) is 10.2 Å². The van der Waals surface area contributed by atoms with E-state index in [4.69, 9.17) is 27.9 Å². The van der Waals surface area contributed by atoms with Crippen LogP contribution in [0.2, 0.25) is 10.0 Å². The molecule has 7 heteroatoms. The van der Waals surface area contributed by atoms with Crippen molar-refractivity contribution in [1.29, 1.82) is 5.26 Å². The molecule has 0 unspecified atom stereocenters. The summed E-state index contributed by atoms with van der Waals surface area (Å²) in [7, 11) is 1.45. The monoisotopic (exact) mass is 424 g/mol. The zero-order valence-corrected chi connectivity index (χ0v) is 15.5. The number of rotatable bonds is 4. The summed E-state index contributed by atoms with van der Waals surface area (Å²) in [4.78, 5) is 12.2. The van der Waals surface area contributed by atoms with Crippen LogP contribution in [0.3, 0.4) is 0 Å². The maximum Gasteiger partial charge on any atom is 0.266 e. The van der Waals surface area contributed by atoms with Crippen molar-refractivity contribution < 1.29 is 9.53 Å². The molecule has 122 valence electrons. The van der Waals surface area contributed by atoms with Crippen LogP contribution in [0.25, 0.3) is 6.08 Å². The largest absolute Gasteiger partial charge is 0.494 e. The fourth-order valence-corrected chi connectivity index (χ4v) is 2.83. The molecule has 2 aromatic rings. The molecule has 0 aliphatic heterocycles. The van der Waals surface area contributed by atoms with Crippen LogP contribution in [-0.2, 0) is 4.79 Å². The van der Waals surface area contributed by atoms with Crippen molar-refractivity contribution >= 4 is 56.8 Å². The van der Waals surface area contributed by atoms with Crippen molar-refractivity contribution in [2.45, 2.75) is 0 Å². The van der Waals surface area contributed by atoms with E-state index in [-0.39, 0.29) is 5.57 Å². The van der Waals surface area contributed by atoms with Gasteiger partial charge >= 0.3 is 0 Å². The molecular formula is C17H11BrCl2N2O2. The molecule has 0 bridgehead atoms. The van der Waals surface area contributed by atoms with Crippen LogP contribution in [0, 0.1) is 11.3 Å². The minimum atomic E-state index is -0.525. The Kier molecular flexibility index (Phi) is 6.27. The highest BCUT2D eigenvalue weighted by molar-refractivity contribution is 9.10. The standard InChI is InChI=1S/C17H11BrCl2N2O2/c1-24-16-14(19)7-10(8-15(16)20)6-11(9-21)17(23)22-13-4-2-12(18)3-5-13/h2-8H,1H3,(H,22,23)/b11-6-. The predicted octanol–water partition coefficient (Wildman–Crippen LogP) is 5.31. The highest BCUT2D eigenvalue weighted by Gasteiger charge is 2.12. The predicted molar refractivity (Wildman–Crippen MR) is 99.4 cm³/mol. The molecule has 1 amide bonds. The summed E-state index contributed by atoms with van der Waals surface area (Å²) < 4.78 is 5.95. The number of carbonyl (C=O) groups excluding carboxylic acids is 1. The van der Waals surface area contributed by atoms with E-state index in [1.54, 1.807) is 36.4 Å². The summed E-state index contributed by atoms with van der Waals surface area (Å²) >= 11 is 15.4. The molecule has 0 atom stereocenters. The summed E-state index contributed by atoms with van der Waals surface area (Å²) in [6, 6.07) is 12.0. The molecule has 0 aliphatic rings. The van der Waals surface area contributed by atoms with Crippen molar-refractivity contribution in [3.8, 4) is 11.8 Å². The number of hydrogen-bond donors (Lipinski definition) is 1. The summed E-state index contributed by atoms with van der Waals surface area (Å²) in [6.45, 7) is 0. The van der Waals surface area contributed by atoms with Crippen LogP contribution in [0.5, 0.6) is 5.75 Å². The summed E-state index contributed by atoms with van der Waals surface area (Å²) in [5.74, 6) is -0.184. The maximum absolute atomic E-state index is 12.2. The lowest BCUT2D eigenvalue weighted by Crippen LogP contribution is -2.13. The van der Waals surface area contributed by atoms with Gasteiger partial charge in [0.05, 0.1) is 17.2 Å². The molecule has 1 N–H and O–H groups in total. The van der Waals surface area contributed by atoms with E-state index < -0.39 is 5.91 Å². The summed E-state index contributed by atoms with van der Waals surface area (Å²) in [5.41, 5.74) is 1.03. The van der Waals surface area contributed by atoms with Gasteiger partial charge in [-0.05, 0) is 48.0 Å². The molecular weight excluding hydrogens is 415 g/mol. The van der Waals surface area contributed by atoms with Gasteiger partial charge in [-0.3, -0.25) is 4.79 Å². The number of methoxy groups -OCH3 is 1. The Labute approximate surface area is 157 Å². The SMILES string of the molecule is COc1c(Cl)cc(/C=C(/C#N)C(=O)Nc2ccc(Br)cc2)cc1Cl. The molecule has 0 radical (unpaired) electrons. The third-order valence-electron chi connectivity index (χ3n) is 3.00. The normalized spacial score (nSPS) is 10.9. The average molecular weight is 426 g/mol. The van der Waals surface area contributed by atoms with E-state index in [1.165, 1.54) is 13.2 Å². The van der Waals surface area contributed by atoms with Crippen LogP contribution in [0.15, 0.2) is 46.4 Å². The number of nitrogens with zero attached hydrogens (tertiary/aromatic N) is 1. The first kappa shape index (κ1) is 18.3. The van der Waals surface area contributed by atoms with Crippen LogP contribution >= 0.6 is 39.1 Å². The Morgan fingerprint density at radius 1 is 1.25 bits per heavy atom.